The van der Waals surface area contributed by atoms with Gasteiger partial charge in [0.25, 0.3) is 0 Å². The van der Waals surface area contributed by atoms with Crippen LogP contribution in [0.4, 0.5) is 0 Å². The van der Waals surface area contributed by atoms with Gasteiger partial charge in [0.05, 0.1) is 18.7 Å². The fourth-order valence-corrected chi connectivity index (χ4v) is 4.08. The quantitative estimate of drug-likeness (QED) is 0.647. The Morgan fingerprint density at radius 2 is 1.69 bits per heavy atom. The van der Waals surface area contributed by atoms with E-state index < -0.39 is 11.7 Å². The third kappa shape index (κ3) is 7.87. The average molecular weight is 412 g/mol. The van der Waals surface area contributed by atoms with Gasteiger partial charge in [-0.15, -0.1) is 0 Å². The fraction of sp³-hybridized carbons (Fsp3) is 0.909. The smallest absolute Gasteiger partial charge is 0.320 e. The lowest BCUT2D eigenvalue weighted by Gasteiger charge is -2.36. The van der Waals surface area contributed by atoms with Gasteiger partial charge in [0.15, 0.2) is 0 Å². The van der Waals surface area contributed by atoms with Gasteiger partial charge in [0.2, 0.25) is 5.91 Å². The van der Waals surface area contributed by atoms with Gasteiger partial charge < -0.3 is 20.1 Å². The lowest BCUT2D eigenvalue weighted by atomic mass is 9.85. The monoisotopic (exact) mass is 411 g/mol. The maximum atomic E-state index is 13.0. The number of piperidine rings is 1. The van der Waals surface area contributed by atoms with Gasteiger partial charge in [-0.05, 0) is 71.0 Å². The molecule has 168 valence electrons. The summed E-state index contributed by atoms with van der Waals surface area (Å²) in [5, 5.41) is 13.3. The normalized spacial score (nSPS) is 23.3. The van der Waals surface area contributed by atoms with Crippen LogP contribution in [0.2, 0.25) is 0 Å². The highest BCUT2D eigenvalue weighted by atomic mass is 16.6. The van der Waals surface area contributed by atoms with Crippen LogP contribution in [0.25, 0.3) is 0 Å². The molecule has 2 N–H and O–H groups in total. The van der Waals surface area contributed by atoms with Crippen LogP contribution in [0.15, 0.2) is 0 Å². The molecule has 0 aromatic rings. The van der Waals surface area contributed by atoms with Crippen molar-refractivity contribution in [3.63, 3.8) is 0 Å². The summed E-state index contributed by atoms with van der Waals surface area (Å²) in [6.45, 7) is 15.9. The minimum absolute atomic E-state index is 0.0939. The SMILES string of the molecule is CC(C)(C)OC(=O)CN1CCC(CNC(C(=O)N2CCC(O)C2)C(C)(C)C)CC1. The molecule has 2 fully saturated rings. The molecule has 2 aliphatic rings. The predicted molar refractivity (Wildman–Crippen MR) is 113 cm³/mol. The van der Waals surface area contributed by atoms with Gasteiger partial charge in [-0.2, -0.15) is 0 Å². The Hall–Kier alpha value is -1.18. The Bertz CT molecular complexity index is 559. The summed E-state index contributed by atoms with van der Waals surface area (Å²) in [5.74, 6) is 0.420. The van der Waals surface area contributed by atoms with Crippen molar-refractivity contribution in [2.45, 2.75) is 78.6 Å². The number of hydrogen-bond donors (Lipinski definition) is 2. The van der Waals surface area contributed by atoms with Gasteiger partial charge in [0.1, 0.15) is 5.60 Å². The van der Waals surface area contributed by atoms with Crippen LogP contribution in [-0.2, 0) is 14.3 Å². The van der Waals surface area contributed by atoms with E-state index >= 15 is 0 Å². The van der Waals surface area contributed by atoms with Crippen molar-refractivity contribution in [3.8, 4) is 0 Å². The lowest BCUT2D eigenvalue weighted by Crippen LogP contribution is -2.54. The third-order valence-corrected chi connectivity index (χ3v) is 5.68. The summed E-state index contributed by atoms with van der Waals surface area (Å²) < 4.78 is 5.41. The van der Waals surface area contributed by atoms with Crippen molar-refractivity contribution in [3.05, 3.63) is 0 Å². The minimum Gasteiger partial charge on any atom is -0.459 e. The van der Waals surface area contributed by atoms with E-state index in [1.165, 1.54) is 0 Å². The summed E-state index contributed by atoms with van der Waals surface area (Å²) in [6.07, 6.45) is 2.28. The number of likely N-dealkylation sites (tertiary alicyclic amines) is 2. The lowest BCUT2D eigenvalue weighted by molar-refractivity contribution is -0.156. The van der Waals surface area contributed by atoms with E-state index in [0.29, 0.717) is 32.0 Å². The highest BCUT2D eigenvalue weighted by Crippen LogP contribution is 2.24. The van der Waals surface area contributed by atoms with E-state index in [9.17, 15) is 14.7 Å². The maximum absolute atomic E-state index is 13.0. The number of carbonyl (C=O) groups excluding carboxylic acids is 2. The van der Waals surface area contributed by atoms with E-state index in [2.05, 4.69) is 31.0 Å². The van der Waals surface area contributed by atoms with E-state index in [0.717, 1.165) is 32.5 Å². The van der Waals surface area contributed by atoms with E-state index in [1.807, 2.05) is 20.8 Å². The van der Waals surface area contributed by atoms with Crippen LogP contribution < -0.4 is 5.32 Å². The Morgan fingerprint density at radius 3 is 2.17 bits per heavy atom. The number of rotatable bonds is 6. The fourth-order valence-electron chi connectivity index (χ4n) is 4.08. The zero-order chi connectivity index (χ0) is 21.8. The number of amides is 1. The second-order valence-corrected chi connectivity index (χ2v) is 10.7. The van der Waals surface area contributed by atoms with Gasteiger partial charge >= 0.3 is 5.97 Å². The summed E-state index contributed by atoms with van der Waals surface area (Å²) in [4.78, 5) is 29.0. The molecule has 2 saturated heterocycles. The first-order chi connectivity index (χ1) is 13.3. The number of aliphatic hydroxyl groups excluding tert-OH is 1. The number of carbonyl (C=O) groups is 2. The molecule has 2 rings (SSSR count). The highest BCUT2D eigenvalue weighted by molar-refractivity contribution is 5.83. The first kappa shape index (κ1) is 24.1. The van der Waals surface area contributed by atoms with Crippen LogP contribution in [0, 0.1) is 11.3 Å². The molecule has 7 heteroatoms. The number of hydrogen-bond acceptors (Lipinski definition) is 6. The molecule has 2 aliphatic heterocycles. The molecule has 0 radical (unpaired) electrons. The zero-order valence-electron chi connectivity index (χ0n) is 19.2. The topological polar surface area (TPSA) is 82.1 Å². The molecule has 0 aromatic carbocycles. The minimum atomic E-state index is -0.445. The van der Waals surface area contributed by atoms with Crippen LogP contribution in [-0.4, -0.2) is 83.8 Å². The zero-order valence-corrected chi connectivity index (χ0v) is 19.2. The van der Waals surface area contributed by atoms with Crippen molar-refractivity contribution in [2.75, 3.05) is 39.3 Å². The summed E-state index contributed by atoms with van der Waals surface area (Å²) >= 11 is 0. The van der Waals surface area contributed by atoms with Crippen LogP contribution in [0.3, 0.4) is 0 Å². The standard InChI is InChI=1S/C22H41N3O4/c1-21(2,3)19(20(28)25-12-9-17(26)14-25)23-13-16-7-10-24(11-8-16)15-18(27)29-22(4,5)6/h16-17,19,23,26H,7-15H2,1-6H3. The van der Waals surface area contributed by atoms with E-state index in [-0.39, 0.29) is 23.3 Å². The Labute approximate surface area is 176 Å². The predicted octanol–water partition coefficient (Wildman–Crippen LogP) is 1.64. The third-order valence-electron chi connectivity index (χ3n) is 5.68. The first-order valence-electron chi connectivity index (χ1n) is 11.0. The van der Waals surface area contributed by atoms with Crippen LogP contribution in [0.5, 0.6) is 0 Å². The van der Waals surface area contributed by atoms with Gasteiger partial charge in [-0.3, -0.25) is 14.5 Å². The molecule has 2 unspecified atom stereocenters. The second kappa shape index (κ2) is 9.75. The molecular formula is C22H41N3O4. The molecule has 0 aromatic heterocycles. The molecule has 0 spiro atoms. The molecule has 0 saturated carbocycles. The van der Waals surface area contributed by atoms with E-state index in [1.54, 1.807) is 4.90 Å². The summed E-state index contributed by atoms with van der Waals surface area (Å²) in [6, 6.07) is -0.257. The van der Waals surface area contributed by atoms with Crippen molar-refractivity contribution < 1.29 is 19.4 Å². The Kier molecular flexibility index (Phi) is 8.10. The summed E-state index contributed by atoms with van der Waals surface area (Å²) in [7, 11) is 0. The highest BCUT2D eigenvalue weighted by Gasteiger charge is 2.37. The molecule has 2 atom stereocenters. The molecule has 2 heterocycles. The van der Waals surface area contributed by atoms with Crippen molar-refractivity contribution in [1.82, 2.24) is 15.1 Å². The molecule has 7 nitrogen and oxygen atoms in total. The number of nitrogens with one attached hydrogen (secondary N) is 1. The maximum Gasteiger partial charge on any atom is 0.320 e. The number of ether oxygens (including phenoxy) is 1. The molecule has 29 heavy (non-hydrogen) atoms. The number of nitrogens with zero attached hydrogens (tertiary/aromatic N) is 2. The number of esters is 1. The molecule has 0 aliphatic carbocycles. The largest absolute Gasteiger partial charge is 0.459 e. The van der Waals surface area contributed by atoms with Gasteiger partial charge in [-0.25, -0.2) is 0 Å². The van der Waals surface area contributed by atoms with Crippen LogP contribution >= 0.6 is 0 Å². The van der Waals surface area contributed by atoms with Gasteiger partial charge in [0, 0.05) is 13.1 Å². The molecular weight excluding hydrogens is 370 g/mol. The Balaban J connectivity index is 1.79. The van der Waals surface area contributed by atoms with Crippen molar-refractivity contribution >= 4 is 11.9 Å². The second-order valence-electron chi connectivity index (χ2n) is 10.7. The number of β-amino-alcohol motifs (C(OH)–C–C–N with tert-alkyl or cyclic N) is 1. The van der Waals surface area contributed by atoms with Gasteiger partial charge in [-0.1, -0.05) is 20.8 Å². The molecule has 0 bridgehead atoms. The summed E-state index contributed by atoms with van der Waals surface area (Å²) in [5.41, 5.74) is -0.638. The Morgan fingerprint density at radius 1 is 1.07 bits per heavy atom. The van der Waals surface area contributed by atoms with Crippen LogP contribution in [0.1, 0.15) is 60.8 Å². The van der Waals surface area contributed by atoms with E-state index in [4.69, 9.17) is 4.74 Å². The van der Waals surface area contributed by atoms with Crippen molar-refractivity contribution in [2.24, 2.45) is 11.3 Å². The van der Waals surface area contributed by atoms with Crippen molar-refractivity contribution in [1.29, 1.82) is 0 Å². The number of aliphatic hydroxyl groups is 1. The average Bonchev–Trinajstić information content (AvgIpc) is 3.00. The first-order valence-corrected chi connectivity index (χ1v) is 11.0. The molecule has 1 amide bonds.